The average Bonchev–Trinajstić information content (AvgIpc) is 3.23. The molecule has 0 bridgehead atoms. The lowest BCUT2D eigenvalue weighted by molar-refractivity contribution is 0.0626. The van der Waals surface area contributed by atoms with E-state index in [9.17, 15) is 4.79 Å². The number of carbonyl (C=O) groups excluding carboxylic acids is 1. The van der Waals surface area contributed by atoms with E-state index in [0.29, 0.717) is 0 Å². The van der Waals surface area contributed by atoms with Gasteiger partial charge in [-0.25, -0.2) is 0 Å². The monoisotopic (exact) mass is 244 g/mol. The van der Waals surface area contributed by atoms with Gasteiger partial charge < -0.3 is 4.90 Å². The molecule has 1 aromatic rings. The van der Waals surface area contributed by atoms with Gasteiger partial charge in [0.25, 0.3) is 5.91 Å². The summed E-state index contributed by atoms with van der Waals surface area (Å²) in [4.78, 5) is 17.0. The van der Waals surface area contributed by atoms with Crippen molar-refractivity contribution in [3.8, 4) is 0 Å². The van der Waals surface area contributed by atoms with Crippen LogP contribution in [0.3, 0.4) is 0 Å². The molecule has 0 atom stereocenters. The number of amides is 1. The SMILES string of the molecule is Cc1ccccc1C(=O)N1CCN(C2CC2)CC1. The second-order valence-electron chi connectivity index (χ2n) is 5.37. The highest BCUT2D eigenvalue weighted by Crippen LogP contribution is 2.27. The largest absolute Gasteiger partial charge is 0.336 e. The summed E-state index contributed by atoms with van der Waals surface area (Å²) in [6.07, 6.45) is 2.71. The van der Waals surface area contributed by atoms with Crippen LogP contribution in [0.2, 0.25) is 0 Å². The Kier molecular flexibility index (Phi) is 3.08. The van der Waals surface area contributed by atoms with Gasteiger partial charge in [-0.15, -0.1) is 0 Å². The van der Waals surface area contributed by atoms with E-state index < -0.39 is 0 Å². The molecular weight excluding hydrogens is 224 g/mol. The average molecular weight is 244 g/mol. The topological polar surface area (TPSA) is 23.6 Å². The lowest BCUT2D eigenvalue weighted by Gasteiger charge is -2.35. The summed E-state index contributed by atoms with van der Waals surface area (Å²) in [7, 11) is 0. The van der Waals surface area contributed by atoms with Crippen LogP contribution in [0.15, 0.2) is 24.3 Å². The smallest absolute Gasteiger partial charge is 0.254 e. The fraction of sp³-hybridized carbons (Fsp3) is 0.533. The zero-order valence-corrected chi connectivity index (χ0v) is 10.9. The fourth-order valence-corrected chi connectivity index (χ4v) is 2.71. The molecule has 1 saturated heterocycles. The minimum absolute atomic E-state index is 0.198. The third-order valence-electron chi connectivity index (χ3n) is 4.04. The molecule has 3 heteroatoms. The molecule has 1 heterocycles. The highest BCUT2D eigenvalue weighted by Gasteiger charge is 2.32. The van der Waals surface area contributed by atoms with Crippen molar-refractivity contribution in [3.05, 3.63) is 35.4 Å². The highest BCUT2D eigenvalue weighted by molar-refractivity contribution is 5.95. The van der Waals surface area contributed by atoms with E-state index in [4.69, 9.17) is 0 Å². The van der Waals surface area contributed by atoms with E-state index in [-0.39, 0.29) is 5.91 Å². The van der Waals surface area contributed by atoms with Crippen LogP contribution in [0.1, 0.15) is 28.8 Å². The van der Waals surface area contributed by atoms with Gasteiger partial charge >= 0.3 is 0 Å². The molecule has 0 N–H and O–H groups in total. The van der Waals surface area contributed by atoms with Crippen LogP contribution in [-0.4, -0.2) is 47.9 Å². The third kappa shape index (κ3) is 2.27. The molecule has 1 aliphatic carbocycles. The van der Waals surface area contributed by atoms with Crippen LogP contribution < -0.4 is 0 Å². The van der Waals surface area contributed by atoms with E-state index >= 15 is 0 Å². The fourth-order valence-electron chi connectivity index (χ4n) is 2.71. The predicted octanol–water partition coefficient (Wildman–Crippen LogP) is 1.92. The van der Waals surface area contributed by atoms with Gasteiger partial charge in [0, 0.05) is 37.8 Å². The Bertz CT molecular complexity index is 446. The molecule has 0 radical (unpaired) electrons. The zero-order valence-electron chi connectivity index (χ0n) is 10.9. The van der Waals surface area contributed by atoms with Crippen LogP contribution in [0, 0.1) is 6.92 Å². The molecule has 1 aliphatic heterocycles. The zero-order chi connectivity index (χ0) is 12.5. The number of nitrogens with zero attached hydrogens (tertiary/aromatic N) is 2. The minimum atomic E-state index is 0.198. The maximum atomic E-state index is 12.4. The molecule has 96 valence electrons. The van der Waals surface area contributed by atoms with Gasteiger partial charge in [-0.1, -0.05) is 18.2 Å². The lowest BCUT2D eigenvalue weighted by atomic mass is 10.1. The van der Waals surface area contributed by atoms with Crippen molar-refractivity contribution in [3.63, 3.8) is 0 Å². The molecule has 1 amide bonds. The number of rotatable bonds is 2. The quantitative estimate of drug-likeness (QED) is 0.793. The van der Waals surface area contributed by atoms with E-state index in [1.807, 2.05) is 36.1 Å². The summed E-state index contributed by atoms with van der Waals surface area (Å²) in [5.41, 5.74) is 1.93. The molecule has 2 aliphatic rings. The second kappa shape index (κ2) is 4.73. The van der Waals surface area contributed by atoms with E-state index in [1.165, 1.54) is 12.8 Å². The Balaban J connectivity index is 1.65. The number of piperazine rings is 1. The van der Waals surface area contributed by atoms with Gasteiger partial charge in [0.15, 0.2) is 0 Å². The summed E-state index contributed by atoms with van der Waals surface area (Å²) in [6, 6.07) is 8.69. The molecule has 0 spiro atoms. The van der Waals surface area contributed by atoms with Crippen LogP contribution >= 0.6 is 0 Å². The maximum absolute atomic E-state index is 12.4. The Morgan fingerprint density at radius 2 is 1.78 bits per heavy atom. The van der Waals surface area contributed by atoms with E-state index in [0.717, 1.165) is 43.3 Å². The van der Waals surface area contributed by atoms with Crippen molar-refractivity contribution in [2.24, 2.45) is 0 Å². The van der Waals surface area contributed by atoms with Crippen molar-refractivity contribution in [2.75, 3.05) is 26.2 Å². The molecule has 1 saturated carbocycles. The summed E-state index contributed by atoms with van der Waals surface area (Å²) in [6.45, 7) is 5.85. The first-order valence-electron chi connectivity index (χ1n) is 6.84. The van der Waals surface area contributed by atoms with Crippen molar-refractivity contribution < 1.29 is 4.79 Å². The van der Waals surface area contributed by atoms with Gasteiger partial charge in [0.1, 0.15) is 0 Å². The summed E-state index contributed by atoms with van der Waals surface area (Å²) in [5.74, 6) is 0.198. The normalized spacial score (nSPS) is 21.1. The Morgan fingerprint density at radius 3 is 2.39 bits per heavy atom. The molecule has 0 aromatic heterocycles. The lowest BCUT2D eigenvalue weighted by Crippen LogP contribution is -2.49. The second-order valence-corrected chi connectivity index (χ2v) is 5.37. The molecule has 1 aromatic carbocycles. The summed E-state index contributed by atoms with van der Waals surface area (Å²) < 4.78 is 0. The van der Waals surface area contributed by atoms with E-state index in [2.05, 4.69) is 4.90 Å². The first-order chi connectivity index (χ1) is 8.75. The van der Waals surface area contributed by atoms with Crippen LogP contribution in [0.4, 0.5) is 0 Å². The van der Waals surface area contributed by atoms with E-state index in [1.54, 1.807) is 0 Å². The number of carbonyl (C=O) groups is 1. The van der Waals surface area contributed by atoms with Crippen LogP contribution in [0.25, 0.3) is 0 Å². The van der Waals surface area contributed by atoms with Crippen molar-refractivity contribution in [2.45, 2.75) is 25.8 Å². The van der Waals surface area contributed by atoms with Crippen molar-refractivity contribution >= 4 is 5.91 Å². The summed E-state index contributed by atoms with van der Waals surface area (Å²) >= 11 is 0. The van der Waals surface area contributed by atoms with Gasteiger partial charge in [-0.05, 0) is 31.4 Å². The minimum Gasteiger partial charge on any atom is -0.336 e. The first kappa shape index (κ1) is 11.7. The highest BCUT2D eigenvalue weighted by atomic mass is 16.2. The summed E-state index contributed by atoms with van der Waals surface area (Å²) in [5, 5.41) is 0. The molecule has 3 nitrogen and oxygen atoms in total. The van der Waals surface area contributed by atoms with Crippen LogP contribution in [-0.2, 0) is 0 Å². The third-order valence-corrected chi connectivity index (χ3v) is 4.04. The number of aryl methyl sites for hydroxylation is 1. The molecule has 3 rings (SSSR count). The van der Waals surface area contributed by atoms with Crippen LogP contribution in [0.5, 0.6) is 0 Å². The van der Waals surface area contributed by atoms with Gasteiger partial charge in [0.2, 0.25) is 0 Å². The van der Waals surface area contributed by atoms with Gasteiger partial charge in [-0.3, -0.25) is 9.69 Å². The first-order valence-corrected chi connectivity index (χ1v) is 6.84. The Labute approximate surface area is 108 Å². The van der Waals surface area contributed by atoms with Gasteiger partial charge in [0.05, 0.1) is 0 Å². The van der Waals surface area contributed by atoms with Crippen molar-refractivity contribution in [1.29, 1.82) is 0 Å². The standard InChI is InChI=1S/C15H20N2O/c1-12-4-2-3-5-14(12)15(18)17-10-8-16(9-11-17)13-6-7-13/h2-5,13H,6-11H2,1H3. The maximum Gasteiger partial charge on any atom is 0.254 e. The number of hydrogen-bond donors (Lipinski definition) is 0. The molecule has 2 fully saturated rings. The Hall–Kier alpha value is -1.35. The molecule has 0 unspecified atom stereocenters. The van der Waals surface area contributed by atoms with Gasteiger partial charge in [-0.2, -0.15) is 0 Å². The predicted molar refractivity (Wildman–Crippen MR) is 71.7 cm³/mol. The number of hydrogen-bond acceptors (Lipinski definition) is 2. The van der Waals surface area contributed by atoms with Crippen molar-refractivity contribution in [1.82, 2.24) is 9.80 Å². The molecular formula is C15H20N2O. The number of benzene rings is 1. The Morgan fingerprint density at radius 1 is 1.11 bits per heavy atom. The molecule has 18 heavy (non-hydrogen) atoms.